The van der Waals surface area contributed by atoms with E-state index in [2.05, 4.69) is 0 Å². The van der Waals surface area contributed by atoms with Crippen molar-refractivity contribution >= 4 is 44.9 Å². The first-order valence-corrected chi connectivity index (χ1v) is 5.51. The zero-order chi connectivity index (χ0) is 10.7. The molecular weight excluding hydrogens is 393 g/mol. The Kier molecular flexibility index (Phi) is 173. The standard InChI is InChI=1S/Al.K.3O3Si.3H2O.V/c;;3*1-4(2)3;;;;/h;;;;;3*1H2;/q+3;+1;3*-2;;;;+5/p-3. The van der Waals surface area contributed by atoms with Crippen LogP contribution < -0.4 is 80.2 Å². The normalized spacial score (nSPS) is 4.00. The Bertz CT molecular complexity index is 125. The summed E-state index contributed by atoms with van der Waals surface area (Å²) in [4.78, 5) is 51.1. The molecule has 0 saturated heterocycles. The third-order valence-electron chi connectivity index (χ3n) is 0. The van der Waals surface area contributed by atoms with E-state index in [0.29, 0.717) is 0 Å². The van der Waals surface area contributed by atoms with Crippen molar-refractivity contribution in [1.82, 2.24) is 0 Å². The summed E-state index contributed by atoms with van der Waals surface area (Å²) in [6.07, 6.45) is 0. The summed E-state index contributed by atoms with van der Waals surface area (Å²) in [7, 11) is -10.9. The van der Waals surface area contributed by atoms with Crippen molar-refractivity contribution in [2.75, 3.05) is 0 Å². The van der Waals surface area contributed by atoms with Gasteiger partial charge in [0.1, 0.15) is 0 Å². The molecule has 0 bridgehead atoms. The second-order valence-electron chi connectivity index (χ2n) is 0.750. The average molecular weight is 396 g/mol. The second-order valence-corrected chi connectivity index (χ2v) is 2.25. The van der Waals surface area contributed by atoms with Crippen LogP contribution in [0.1, 0.15) is 0 Å². The summed E-state index contributed by atoms with van der Waals surface area (Å²) in [5, 5.41) is 0. The van der Waals surface area contributed by atoms with E-state index in [4.69, 9.17) is 42.2 Å². The van der Waals surface area contributed by atoms with Crippen molar-refractivity contribution in [3.8, 4) is 0 Å². The smallest absolute Gasteiger partial charge is 0.870 e. The Morgan fingerprint density at radius 1 is 0.556 bits per heavy atom. The van der Waals surface area contributed by atoms with Gasteiger partial charge < -0.3 is 58.6 Å². The van der Waals surface area contributed by atoms with Crippen LogP contribution in [-0.2, 0) is 31.9 Å². The molecule has 3 N–H and O–H groups in total. The van der Waals surface area contributed by atoms with Gasteiger partial charge >= 0.3 is 87.3 Å². The SMILES string of the molecule is O=[Si]([O-])[O-].O=[Si]([O-])[O-].O=[Si]([O-])[O-].[Al+3].[K+].[OH-].[OH-].[OH-].[V+5]. The molecule has 0 saturated carbocycles. The van der Waals surface area contributed by atoms with Gasteiger partial charge in [0, 0.05) is 27.5 Å². The maximum atomic E-state index is 8.52. The maximum Gasteiger partial charge on any atom is 5.00 e. The van der Waals surface area contributed by atoms with E-state index in [0.717, 1.165) is 0 Å². The van der Waals surface area contributed by atoms with Gasteiger partial charge in [-0.3, -0.25) is 0 Å². The minimum atomic E-state index is -3.63. The maximum absolute atomic E-state index is 8.52. The monoisotopic (exact) mass is 396 g/mol. The van der Waals surface area contributed by atoms with Crippen molar-refractivity contribution in [3.05, 3.63) is 0 Å². The molecule has 0 aliphatic carbocycles. The molecule has 18 heteroatoms. The van der Waals surface area contributed by atoms with E-state index in [1.807, 2.05) is 0 Å². The molecule has 0 aromatic carbocycles. The van der Waals surface area contributed by atoms with Gasteiger partial charge in [-0.1, -0.05) is 0 Å². The van der Waals surface area contributed by atoms with E-state index < -0.39 is 27.5 Å². The predicted molar refractivity (Wildman–Crippen MR) is 30.9 cm³/mol. The summed E-state index contributed by atoms with van der Waals surface area (Å²) in [5.74, 6) is 0. The minimum Gasteiger partial charge on any atom is -0.870 e. The summed E-state index contributed by atoms with van der Waals surface area (Å²) < 4.78 is 25.6. The Hall–Kier alpha value is 1.48. The molecule has 0 radical (unpaired) electrons. The zero-order valence-electron chi connectivity index (χ0n) is 8.54. The van der Waals surface area contributed by atoms with Crippen LogP contribution in [-0.4, -0.2) is 61.3 Å². The fraction of sp³-hybridized carbons (Fsp3) is 0. The molecule has 0 amide bonds. The van der Waals surface area contributed by atoms with E-state index in [1.54, 1.807) is 0 Å². The van der Waals surface area contributed by atoms with E-state index >= 15 is 0 Å². The van der Waals surface area contributed by atoms with Crippen LogP contribution in [0.25, 0.3) is 0 Å². The van der Waals surface area contributed by atoms with Crippen LogP contribution in [0, 0.1) is 0 Å². The van der Waals surface area contributed by atoms with Crippen LogP contribution in [0.2, 0.25) is 0 Å². The molecule has 0 rings (SSSR count). The number of rotatable bonds is 0. The van der Waals surface area contributed by atoms with Crippen LogP contribution in [0.5, 0.6) is 0 Å². The van der Waals surface area contributed by atoms with Gasteiger partial charge in [0.2, 0.25) is 0 Å². The first-order valence-electron chi connectivity index (χ1n) is 1.84. The Morgan fingerprint density at radius 2 is 0.556 bits per heavy atom. The molecule has 12 nitrogen and oxygen atoms in total. The van der Waals surface area contributed by atoms with Crippen LogP contribution in [0.3, 0.4) is 0 Å². The Morgan fingerprint density at radius 3 is 0.556 bits per heavy atom. The third-order valence-corrected chi connectivity index (χ3v) is 0. The van der Waals surface area contributed by atoms with Gasteiger partial charge in [-0.2, -0.15) is 0 Å². The third kappa shape index (κ3) is 2160. The average Bonchev–Trinajstić information content (AvgIpc) is 1.54. The van der Waals surface area contributed by atoms with Gasteiger partial charge in [0.15, 0.2) is 0 Å². The molecule has 0 heterocycles. The fourth-order valence-corrected chi connectivity index (χ4v) is 0. The molecule has 0 unspecified atom stereocenters. The van der Waals surface area contributed by atoms with Gasteiger partial charge in [0.25, 0.3) is 0 Å². The van der Waals surface area contributed by atoms with Gasteiger partial charge in [0.05, 0.1) is 0 Å². The summed E-state index contributed by atoms with van der Waals surface area (Å²) in [5.41, 5.74) is 0. The molecule has 18 heavy (non-hydrogen) atoms. The van der Waals surface area contributed by atoms with Crippen LogP contribution in [0.15, 0.2) is 0 Å². The van der Waals surface area contributed by atoms with Crippen molar-refractivity contribution in [1.29, 1.82) is 0 Å². The summed E-state index contributed by atoms with van der Waals surface area (Å²) in [6.45, 7) is 0. The van der Waals surface area contributed by atoms with E-state index in [1.165, 1.54) is 0 Å². The van der Waals surface area contributed by atoms with Crippen LogP contribution >= 0.6 is 0 Å². The van der Waals surface area contributed by atoms with Crippen molar-refractivity contribution in [2.45, 2.75) is 0 Å². The molecule has 0 aromatic rings. The molecule has 0 spiro atoms. The molecule has 96 valence electrons. The van der Waals surface area contributed by atoms with E-state index in [9.17, 15) is 0 Å². The quantitative estimate of drug-likeness (QED) is 0.345. The second kappa shape index (κ2) is 51.4. The number of hydrogen-bond acceptors (Lipinski definition) is 12. The summed E-state index contributed by atoms with van der Waals surface area (Å²) in [6, 6.07) is 0. The van der Waals surface area contributed by atoms with Gasteiger partial charge in [-0.25, -0.2) is 0 Å². The molecule has 0 aliphatic heterocycles. The molecule has 0 aromatic heterocycles. The Balaban J connectivity index is -0.00000000827. The van der Waals surface area contributed by atoms with Crippen molar-refractivity contribution < 1.29 is 129 Å². The van der Waals surface area contributed by atoms with Crippen molar-refractivity contribution in [2.24, 2.45) is 0 Å². The topological polar surface area (TPSA) is 280 Å². The molecule has 0 fully saturated rings. The van der Waals surface area contributed by atoms with Gasteiger partial charge in [-0.05, 0) is 0 Å². The fourth-order valence-electron chi connectivity index (χ4n) is 0. The first-order chi connectivity index (χ1) is 5.20. The summed E-state index contributed by atoms with van der Waals surface area (Å²) >= 11 is 0. The van der Waals surface area contributed by atoms with E-state index in [-0.39, 0.29) is 104 Å². The zero-order valence-corrected chi connectivity index (χ0v) is 17.2. The largest absolute Gasteiger partial charge is 5.00 e. The first kappa shape index (κ1) is 60.6. The molecular formula is H3AlKO12Si3V. The minimum absolute atomic E-state index is 0. The van der Waals surface area contributed by atoms with Crippen molar-refractivity contribution in [3.63, 3.8) is 0 Å². The number of hydrogen-bond donors (Lipinski definition) is 0. The predicted octanol–water partition coefficient (Wildman–Crippen LogP) is -12.5. The van der Waals surface area contributed by atoms with Crippen LogP contribution in [0.4, 0.5) is 0 Å². The van der Waals surface area contributed by atoms with Gasteiger partial charge in [-0.15, -0.1) is 0 Å². The molecule has 0 atom stereocenters. The Labute approximate surface area is 171 Å². The molecule has 0 aliphatic rings.